The fourth-order valence-electron chi connectivity index (χ4n) is 3.72. The highest BCUT2D eigenvalue weighted by atomic mass is 16.5. The van der Waals surface area contributed by atoms with Gasteiger partial charge in [-0.15, -0.1) is 0 Å². The first kappa shape index (κ1) is 22.3. The molecule has 2 aromatic carbocycles. The van der Waals surface area contributed by atoms with E-state index in [4.69, 9.17) is 4.74 Å². The van der Waals surface area contributed by atoms with Gasteiger partial charge < -0.3 is 20.4 Å². The molecule has 0 amide bonds. The summed E-state index contributed by atoms with van der Waals surface area (Å²) in [4.78, 5) is 7.49. The van der Waals surface area contributed by atoms with Gasteiger partial charge in [0.2, 0.25) is 0 Å². The second-order valence-corrected chi connectivity index (χ2v) is 7.81. The van der Waals surface area contributed by atoms with Gasteiger partial charge in [0.1, 0.15) is 6.07 Å². The minimum atomic E-state index is 0.503. The average Bonchev–Trinajstić information content (AvgIpc) is 3.33. The van der Waals surface area contributed by atoms with Crippen molar-refractivity contribution in [3.63, 3.8) is 0 Å². The molecule has 0 aliphatic rings. The monoisotopic (exact) mass is 437 g/mol. The zero-order chi connectivity index (χ0) is 23.0. The number of rotatable bonds is 9. The number of aromatic nitrogens is 2. The number of aromatic amines is 1. The van der Waals surface area contributed by atoms with E-state index in [9.17, 15) is 5.26 Å². The first-order chi connectivity index (χ1) is 16.2. The predicted octanol–water partition coefficient (Wildman–Crippen LogP) is 5.39. The van der Waals surface area contributed by atoms with Crippen LogP contribution in [-0.4, -0.2) is 30.2 Å². The lowest BCUT2D eigenvalue weighted by Crippen LogP contribution is -2.18. The molecule has 0 radical (unpaired) electrons. The third-order valence-corrected chi connectivity index (χ3v) is 5.61. The third-order valence-electron chi connectivity index (χ3n) is 5.61. The van der Waals surface area contributed by atoms with E-state index in [2.05, 4.69) is 63.9 Å². The summed E-state index contributed by atoms with van der Waals surface area (Å²) in [6.07, 6.45) is 9.33. The van der Waals surface area contributed by atoms with Crippen molar-refractivity contribution in [2.45, 2.75) is 13.5 Å². The number of H-pyrrole nitrogens is 1. The van der Waals surface area contributed by atoms with Crippen LogP contribution >= 0.6 is 0 Å². The van der Waals surface area contributed by atoms with Crippen LogP contribution in [0.2, 0.25) is 0 Å². The molecule has 2 heterocycles. The number of benzene rings is 2. The molecular weight excluding hydrogens is 410 g/mol. The third kappa shape index (κ3) is 5.29. The number of fused-ring (bicyclic) bond motifs is 1. The van der Waals surface area contributed by atoms with Gasteiger partial charge in [0.25, 0.3) is 0 Å². The number of methoxy groups -OCH3 is 1. The van der Waals surface area contributed by atoms with Crippen molar-refractivity contribution in [2.75, 3.05) is 25.6 Å². The summed E-state index contributed by atoms with van der Waals surface area (Å²) in [6.45, 7) is 4.41. The highest BCUT2D eigenvalue weighted by Crippen LogP contribution is 2.31. The van der Waals surface area contributed by atoms with Gasteiger partial charge >= 0.3 is 0 Å². The van der Waals surface area contributed by atoms with Gasteiger partial charge in [-0.2, -0.15) is 5.26 Å². The van der Waals surface area contributed by atoms with Crippen LogP contribution in [-0.2, 0) is 11.3 Å². The summed E-state index contributed by atoms with van der Waals surface area (Å²) in [5, 5.41) is 17.7. The Hall–Kier alpha value is -3.92. The van der Waals surface area contributed by atoms with Crippen LogP contribution in [0.4, 0.5) is 11.4 Å². The summed E-state index contributed by atoms with van der Waals surface area (Å²) in [7, 11) is 1.70. The first-order valence-electron chi connectivity index (χ1n) is 10.9. The van der Waals surface area contributed by atoms with Gasteiger partial charge in [0.15, 0.2) is 0 Å². The van der Waals surface area contributed by atoms with E-state index in [1.807, 2.05) is 30.5 Å². The summed E-state index contributed by atoms with van der Waals surface area (Å²) in [5.74, 6) is 0. The summed E-state index contributed by atoms with van der Waals surface area (Å²) in [5.41, 5.74) is 7.58. The Morgan fingerprint density at radius 2 is 1.94 bits per heavy atom. The van der Waals surface area contributed by atoms with Gasteiger partial charge in [-0.25, -0.2) is 0 Å². The van der Waals surface area contributed by atoms with Crippen LogP contribution in [0.15, 0.2) is 61.1 Å². The predicted molar refractivity (Wildman–Crippen MR) is 134 cm³/mol. The van der Waals surface area contributed by atoms with Crippen molar-refractivity contribution in [3.8, 4) is 6.07 Å². The molecule has 0 unspecified atom stereocenters. The van der Waals surface area contributed by atoms with Gasteiger partial charge in [-0.1, -0.05) is 36.4 Å². The molecule has 0 spiro atoms. The quantitative estimate of drug-likeness (QED) is 0.306. The minimum absolute atomic E-state index is 0.503. The lowest BCUT2D eigenvalue weighted by atomic mass is 10.1. The molecule has 6 heteroatoms. The van der Waals surface area contributed by atoms with E-state index in [0.717, 1.165) is 52.1 Å². The zero-order valence-electron chi connectivity index (χ0n) is 18.9. The highest BCUT2D eigenvalue weighted by Gasteiger charge is 2.11. The van der Waals surface area contributed by atoms with Crippen LogP contribution in [0.25, 0.3) is 23.1 Å². The van der Waals surface area contributed by atoms with E-state index < -0.39 is 0 Å². The van der Waals surface area contributed by atoms with E-state index in [-0.39, 0.29) is 0 Å². The molecule has 4 rings (SSSR count). The molecular formula is C27H27N5O. The highest BCUT2D eigenvalue weighted by molar-refractivity contribution is 5.90. The Kier molecular flexibility index (Phi) is 7.16. The number of nitrogens with one attached hydrogen (secondary N) is 3. The molecule has 0 aliphatic heterocycles. The van der Waals surface area contributed by atoms with Crippen molar-refractivity contribution in [1.29, 1.82) is 5.26 Å². The maximum absolute atomic E-state index is 9.68. The Morgan fingerprint density at radius 1 is 1.09 bits per heavy atom. The van der Waals surface area contributed by atoms with E-state index in [1.165, 1.54) is 5.56 Å². The molecule has 0 bridgehead atoms. The number of anilines is 2. The van der Waals surface area contributed by atoms with Crippen LogP contribution in [0.3, 0.4) is 0 Å². The molecule has 4 aromatic rings. The number of nitriles is 1. The zero-order valence-corrected chi connectivity index (χ0v) is 18.9. The van der Waals surface area contributed by atoms with Crippen LogP contribution in [0.5, 0.6) is 0 Å². The van der Waals surface area contributed by atoms with Crippen LogP contribution in [0, 0.1) is 18.3 Å². The molecule has 2 aromatic heterocycles. The van der Waals surface area contributed by atoms with Crippen molar-refractivity contribution < 1.29 is 4.74 Å². The fraction of sp³-hybridized carbons (Fsp3) is 0.185. The molecule has 0 saturated carbocycles. The van der Waals surface area contributed by atoms with Crippen molar-refractivity contribution >= 4 is 34.4 Å². The Labute approximate surface area is 193 Å². The summed E-state index contributed by atoms with van der Waals surface area (Å²) < 4.78 is 5.05. The molecule has 33 heavy (non-hydrogen) atoms. The number of hydrogen-bond donors (Lipinski definition) is 3. The Balaban J connectivity index is 1.55. The van der Waals surface area contributed by atoms with Gasteiger partial charge in [0, 0.05) is 60.9 Å². The van der Waals surface area contributed by atoms with E-state index in [0.29, 0.717) is 12.2 Å². The van der Waals surface area contributed by atoms with Crippen molar-refractivity contribution in [3.05, 3.63) is 88.9 Å². The lowest BCUT2D eigenvalue weighted by Gasteiger charge is -2.14. The van der Waals surface area contributed by atoms with Crippen molar-refractivity contribution in [2.24, 2.45) is 0 Å². The maximum atomic E-state index is 9.68. The first-order valence-corrected chi connectivity index (χ1v) is 10.9. The maximum Gasteiger partial charge on any atom is 0.103 e. The second-order valence-electron chi connectivity index (χ2n) is 7.81. The lowest BCUT2D eigenvalue weighted by molar-refractivity contribution is 0.199. The second kappa shape index (κ2) is 10.6. The van der Waals surface area contributed by atoms with Gasteiger partial charge in [-0.05, 0) is 41.8 Å². The molecule has 0 atom stereocenters. The SMILES string of the molecule is COCCNCc1ccc(C=Cc2cncc(C#N)c2Nc2ccc3[nH]ccc3c2C)cc1. The topological polar surface area (TPSA) is 85.8 Å². The standard InChI is InChI=1S/C27H27N5O/c1-19-24-11-12-31-26(24)10-9-25(19)32-27-22(17-30-18-23(27)15-28)8-7-20-3-5-21(6-4-20)16-29-13-14-33-2/h3-12,17-18,29,31H,13-14,16H2,1-2H3,(H,30,32). The molecule has 6 nitrogen and oxygen atoms in total. The smallest absolute Gasteiger partial charge is 0.103 e. The normalized spacial score (nSPS) is 11.2. The summed E-state index contributed by atoms with van der Waals surface area (Å²) >= 11 is 0. The van der Waals surface area contributed by atoms with Gasteiger partial charge in [-0.3, -0.25) is 4.98 Å². The number of ether oxygens (including phenoxy) is 1. The Morgan fingerprint density at radius 3 is 2.73 bits per heavy atom. The molecule has 3 N–H and O–H groups in total. The van der Waals surface area contributed by atoms with E-state index in [1.54, 1.807) is 19.5 Å². The van der Waals surface area contributed by atoms with Crippen LogP contribution < -0.4 is 10.6 Å². The van der Waals surface area contributed by atoms with Gasteiger partial charge in [0.05, 0.1) is 17.9 Å². The molecule has 0 aliphatic carbocycles. The van der Waals surface area contributed by atoms with Crippen LogP contribution in [0.1, 0.15) is 27.8 Å². The molecule has 166 valence electrons. The molecule has 0 saturated heterocycles. The van der Waals surface area contributed by atoms with E-state index >= 15 is 0 Å². The Bertz CT molecular complexity index is 1300. The number of nitrogens with zero attached hydrogens (tertiary/aromatic N) is 2. The fourth-order valence-corrected chi connectivity index (χ4v) is 3.72. The number of aryl methyl sites for hydroxylation is 1. The molecule has 0 fully saturated rings. The average molecular weight is 438 g/mol. The number of hydrogen-bond acceptors (Lipinski definition) is 5. The van der Waals surface area contributed by atoms with Crippen molar-refractivity contribution in [1.82, 2.24) is 15.3 Å². The summed E-state index contributed by atoms with van der Waals surface area (Å²) in [6, 6.07) is 16.8. The number of pyridine rings is 1. The largest absolute Gasteiger partial charge is 0.383 e. The minimum Gasteiger partial charge on any atom is -0.383 e.